The van der Waals surface area contributed by atoms with Gasteiger partial charge in [0.25, 0.3) is 5.91 Å². The predicted octanol–water partition coefficient (Wildman–Crippen LogP) is 0.908. The molecule has 2 N–H and O–H groups in total. The molecule has 0 aliphatic rings. The smallest absolute Gasteiger partial charge is 0.257 e. The summed E-state index contributed by atoms with van der Waals surface area (Å²) in [6.45, 7) is 0.0734. The fourth-order valence-electron chi connectivity index (χ4n) is 0.738. The van der Waals surface area contributed by atoms with Crippen molar-refractivity contribution in [3.63, 3.8) is 0 Å². The van der Waals surface area contributed by atoms with Crippen molar-refractivity contribution in [3.8, 4) is 0 Å². The highest BCUT2D eigenvalue weighted by Crippen LogP contribution is 2.03. The van der Waals surface area contributed by atoms with Gasteiger partial charge in [-0.1, -0.05) is 18.2 Å². The van der Waals surface area contributed by atoms with E-state index in [0.717, 1.165) is 5.69 Å². The van der Waals surface area contributed by atoms with E-state index in [-0.39, 0.29) is 6.54 Å². The van der Waals surface area contributed by atoms with Crippen molar-refractivity contribution in [3.05, 3.63) is 30.3 Å². The summed E-state index contributed by atoms with van der Waals surface area (Å²) >= 11 is 0. The number of hydrogen-bond acceptors (Lipinski definition) is 2. The number of nitrogens with one attached hydrogen (secondary N) is 2. The lowest BCUT2D eigenvalue weighted by atomic mass is 10.3. The zero-order valence-electron chi connectivity index (χ0n) is 6.00. The Morgan fingerprint density at radius 3 is 2.55 bits per heavy atom. The molecule has 0 fully saturated rings. The topological polar surface area (TPSA) is 52.9 Å². The van der Waals surface area contributed by atoms with Gasteiger partial charge in [0.15, 0.2) is 0 Å². The first kappa shape index (κ1) is 7.60. The lowest BCUT2D eigenvalue weighted by Crippen LogP contribution is -2.13. The van der Waals surface area contributed by atoms with Crippen LogP contribution < -0.4 is 11.1 Å². The largest absolute Gasteiger partial charge is 0.376 e. The molecule has 1 radical (unpaired) electrons. The summed E-state index contributed by atoms with van der Waals surface area (Å²) in [7, 11) is 0. The summed E-state index contributed by atoms with van der Waals surface area (Å²) in [5.41, 5.74) is 7.49. The van der Waals surface area contributed by atoms with Crippen LogP contribution in [0.5, 0.6) is 0 Å². The Kier molecular flexibility index (Phi) is 2.49. The Bertz CT molecular complexity index is 233. The number of para-hydroxylation sites is 1. The molecule has 0 heterocycles. The van der Waals surface area contributed by atoms with Gasteiger partial charge in [-0.25, -0.2) is 0 Å². The Hall–Kier alpha value is -1.51. The average molecular weight is 149 g/mol. The molecule has 57 valence electrons. The molecule has 0 atom stereocenters. The number of amides is 1. The van der Waals surface area contributed by atoms with Crippen molar-refractivity contribution in [2.24, 2.45) is 0 Å². The van der Waals surface area contributed by atoms with Gasteiger partial charge in [-0.15, -0.1) is 0 Å². The lowest BCUT2D eigenvalue weighted by Gasteiger charge is -2.00. The van der Waals surface area contributed by atoms with Crippen molar-refractivity contribution in [1.29, 1.82) is 0 Å². The van der Waals surface area contributed by atoms with Gasteiger partial charge in [0.1, 0.15) is 0 Å². The number of carbonyl (C=O) groups is 1. The third-order valence-corrected chi connectivity index (χ3v) is 1.23. The minimum Gasteiger partial charge on any atom is -0.376 e. The molecule has 0 aliphatic carbocycles. The normalized spacial score (nSPS) is 9.09. The molecule has 0 spiro atoms. The molecule has 3 heteroatoms. The van der Waals surface area contributed by atoms with E-state index in [1.54, 1.807) is 0 Å². The van der Waals surface area contributed by atoms with Crippen molar-refractivity contribution >= 4 is 11.6 Å². The van der Waals surface area contributed by atoms with Gasteiger partial charge in [0.05, 0.1) is 6.54 Å². The summed E-state index contributed by atoms with van der Waals surface area (Å²) in [6.07, 6.45) is 0. The van der Waals surface area contributed by atoms with Crippen molar-refractivity contribution in [2.75, 3.05) is 11.9 Å². The van der Waals surface area contributed by atoms with Crippen LogP contribution >= 0.6 is 0 Å². The first-order valence-corrected chi connectivity index (χ1v) is 3.32. The summed E-state index contributed by atoms with van der Waals surface area (Å²) in [6, 6.07) is 9.34. The van der Waals surface area contributed by atoms with Crippen molar-refractivity contribution < 1.29 is 4.79 Å². The Morgan fingerprint density at radius 1 is 1.36 bits per heavy atom. The molecular formula is C8H9N2O. The summed E-state index contributed by atoms with van der Waals surface area (Å²) < 4.78 is 0. The van der Waals surface area contributed by atoms with E-state index in [2.05, 4.69) is 5.32 Å². The number of anilines is 1. The Labute approximate surface area is 65.2 Å². The van der Waals surface area contributed by atoms with E-state index in [1.807, 2.05) is 30.3 Å². The van der Waals surface area contributed by atoms with Gasteiger partial charge in [-0.05, 0) is 12.1 Å². The van der Waals surface area contributed by atoms with E-state index in [4.69, 9.17) is 5.73 Å². The van der Waals surface area contributed by atoms with E-state index >= 15 is 0 Å². The van der Waals surface area contributed by atoms with Crippen LogP contribution in [0.25, 0.3) is 0 Å². The first-order chi connectivity index (χ1) is 5.29. The zero-order valence-corrected chi connectivity index (χ0v) is 6.00. The molecule has 1 aromatic carbocycles. The van der Waals surface area contributed by atoms with Crippen LogP contribution in [-0.2, 0) is 4.79 Å². The highest BCUT2D eigenvalue weighted by molar-refractivity contribution is 5.77. The van der Waals surface area contributed by atoms with E-state index < -0.39 is 5.91 Å². The standard InChI is InChI=1S/C8H9N2O/c9-8(11)6-10-7-4-2-1-3-5-7/h1-5,9-10H,6H2. The zero-order chi connectivity index (χ0) is 8.10. The number of carbonyl (C=O) groups excluding carboxylic acids is 1. The first-order valence-electron chi connectivity index (χ1n) is 3.32. The molecular weight excluding hydrogens is 140 g/mol. The predicted molar refractivity (Wildman–Crippen MR) is 43.0 cm³/mol. The Morgan fingerprint density at radius 2 is 2.00 bits per heavy atom. The molecule has 1 aromatic rings. The maximum Gasteiger partial charge on any atom is 0.257 e. The van der Waals surface area contributed by atoms with Crippen LogP contribution in [0.3, 0.4) is 0 Å². The fraction of sp³-hybridized carbons (Fsp3) is 0.125. The van der Waals surface area contributed by atoms with Gasteiger partial charge in [-0.3, -0.25) is 10.5 Å². The van der Waals surface area contributed by atoms with E-state index in [0.29, 0.717) is 0 Å². The molecule has 0 aromatic heterocycles. The van der Waals surface area contributed by atoms with Crippen LogP contribution in [-0.4, -0.2) is 12.5 Å². The second kappa shape index (κ2) is 3.61. The molecule has 3 nitrogen and oxygen atoms in total. The molecule has 0 bridgehead atoms. The Balaban J connectivity index is 2.45. The van der Waals surface area contributed by atoms with Crippen LogP contribution in [0, 0.1) is 0 Å². The molecule has 0 saturated carbocycles. The second-order valence-corrected chi connectivity index (χ2v) is 2.14. The van der Waals surface area contributed by atoms with Crippen LogP contribution in [0.15, 0.2) is 30.3 Å². The highest BCUT2D eigenvalue weighted by atomic mass is 16.1. The SMILES string of the molecule is [NH]C(=O)CNc1ccccc1. The average Bonchev–Trinajstić information content (AvgIpc) is 2.03. The number of benzene rings is 1. The number of rotatable bonds is 3. The third kappa shape index (κ3) is 2.71. The van der Waals surface area contributed by atoms with Crippen LogP contribution in [0.4, 0.5) is 5.69 Å². The molecule has 0 aliphatic heterocycles. The molecule has 1 rings (SSSR count). The van der Waals surface area contributed by atoms with E-state index in [1.165, 1.54) is 0 Å². The van der Waals surface area contributed by atoms with Gasteiger partial charge in [0, 0.05) is 5.69 Å². The molecule has 0 saturated heterocycles. The lowest BCUT2D eigenvalue weighted by molar-refractivity contribution is -0.117. The van der Waals surface area contributed by atoms with Crippen LogP contribution in [0.2, 0.25) is 0 Å². The second-order valence-electron chi connectivity index (χ2n) is 2.14. The minimum atomic E-state index is -0.603. The minimum absolute atomic E-state index is 0.0734. The van der Waals surface area contributed by atoms with E-state index in [9.17, 15) is 4.79 Å². The van der Waals surface area contributed by atoms with Gasteiger partial charge in [0.2, 0.25) is 0 Å². The third-order valence-electron chi connectivity index (χ3n) is 1.23. The summed E-state index contributed by atoms with van der Waals surface area (Å²) in [5.74, 6) is -0.603. The van der Waals surface area contributed by atoms with Crippen molar-refractivity contribution in [1.82, 2.24) is 5.73 Å². The number of hydrogen-bond donors (Lipinski definition) is 1. The summed E-state index contributed by atoms with van der Waals surface area (Å²) in [4.78, 5) is 10.2. The van der Waals surface area contributed by atoms with Gasteiger partial charge >= 0.3 is 0 Å². The van der Waals surface area contributed by atoms with Gasteiger partial charge < -0.3 is 5.32 Å². The maximum absolute atomic E-state index is 10.2. The fourth-order valence-corrected chi connectivity index (χ4v) is 0.738. The molecule has 0 unspecified atom stereocenters. The molecule has 1 amide bonds. The van der Waals surface area contributed by atoms with Crippen LogP contribution in [0.1, 0.15) is 0 Å². The van der Waals surface area contributed by atoms with Crippen molar-refractivity contribution in [2.45, 2.75) is 0 Å². The summed E-state index contributed by atoms with van der Waals surface area (Å²) in [5, 5.41) is 2.81. The van der Waals surface area contributed by atoms with Gasteiger partial charge in [-0.2, -0.15) is 0 Å². The maximum atomic E-state index is 10.2. The molecule has 11 heavy (non-hydrogen) atoms. The monoisotopic (exact) mass is 149 g/mol. The quantitative estimate of drug-likeness (QED) is 0.694. The highest BCUT2D eigenvalue weighted by Gasteiger charge is 1.92.